The summed E-state index contributed by atoms with van der Waals surface area (Å²) in [6, 6.07) is 0.620. The topological polar surface area (TPSA) is 29.9 Å². The van der Waals surface area contributed by atoms with E-state index in [1.54, 1.807) is 0 Å². The standard InChI is InChI=1S/C10H17N3/c1-8-9(2)13(7-12-8)10-4-3-5-11-6-10/h7,10-11H,3-6H2,1-2H3. The summed E-state index contributed by atoms with van der Waals surface area (Å²) in [5.74, 6) is 0. The van der Waals surface area contributed by atoms with Crippen LogP contribution in [0.25, 0.3) is 0 Å². The number of hydrogen-bond acceptors (Lipinski definition) is 2. The Kier molecular flexibility index (Phi) is 2.36. The average molecular weight is 179 g/mol. The first-order valence-electron chi connectivity index (χ1n) is 5.00. The molecule has 1 atom stereocenters. The molecule has 0 spiro atoms. The minimum absolute atomic E-state index is 0.620. The van der Waals surface area contributed by atoms with E-state index in [4.69, 9.17) is 0 Å². The van der Waals surface area contributed by atoms with Crippen molar-refractivity contribution >= 4 is 0 Å². The van der Waals surface area contributed by atoms with Crippen molar-refractivity contribution in [2.24, 2.45) is 0 Å². The van der Waals surface area contributed by atoms with Crippen LogP contribution in [-0.2, 0) is 0 Å². The quantitative estimate of drug-likeness (QED) is 0.706. The third-order valence-electron chi connectivity index (χ3n) is 2.95. The normalized spacial score (nSPS) is 23.4. The second-order valence-corrected chi connectivity index (χ2v) is 3.82. The van der Waals surface area contributed by atoms with Crippen molar-refractivity contribution < 1.29 is 0 Å². The first kappa shape index (κ1) is 8.75. The average Bonchev–Trinajstić information content (AvgIpc) is 2.49. The molecule has 1 saturated heterocycles. The number of piperidine rings is 1. The molecule has 1 aromatic heterocycles. The molecule has 2 heterocycles. The summed E-state index contributed by atoms with van der Waals surface area (Å²) in [4.78, 5) is 4.33. The van der Waals surface area contributed by atoms with Gasteiger partial charge in [0.2, 0.25) is 0 Å². The second-order valence-electron chi connectivity index (χ2n) is 3.82. The molecular formula is C10H17N3. The van der Waals surface area contributed by atoms with Crippen LogP contribution in [0.3, 0.4) is 0 Å². The minimum atomic E-state index is 0.620. The largest absolute Gasteiger partial charge is 0.330 e. The van der Waals surface area contributed by atoms with Crippen LogP contribution in [0.1, 0.15) is 30.3 Å². The summed E-state index contributed by atoms with van der Waals surface area (Å²) in [7, 11) is 0. The zero-order chi connectivity index (χ0) is 9.26. The summed E-state index contributed by atoms with van der Waals surface area (Å²) in [6.07, 6.45) is 4.54. The van der Waals surface area contributed by atoms with E-state index in [9.17, 15) is 0 Å². The molecule has 1 N–H and O–H groups in total. The summed E-state index contributed by atoms with van der Waals surface area (Å²) >= 11 is 0. The van der Waals surface area contributed by atoms with E-state index < -0.39 is 0 Å². The van der Waals surface area contributed by atoms with Crippen LogP contribution in [0, 0.1) is 13.8 Å². The Labute approximate surface area is 79.2 Å². The molecule has 1 aliphatic rings. The highest BCUT2D eigenvalue weighted by atomic mass is 15.1. The number of rotatable bonds is 1. The van der Waals surface area contributed by atoms with E-state index in [0.29, 0.717) is 6.04 Å². The Balaban J connectivity index is 2.18. The third-order valence-corrected chi connectivity index (χ3v) is 2.95. The fraction of sp³-hybridized carbons (Fsp3) is 0.700. The maximum atomic E-state index is 4.33. The molecule has 0 aromatic carbocycles. The van der Waals surface area contributed by atoms with Crippen molar-refractivity contribution in [2.45, 2.75) is 32.7 Å². The van der Waals surface area contributed by atoms with Crippen LogP contribution in [0.15, 0.2) is 6.33 Å². The molecule has 1 unspecified atom stereocenters. The van der Waals surface area contributed by atoms with Gasteiger partial charge in [-0.1, -0.05) is 0 Å². The van der Waals surface area contributed by atoms with Crippen LogP contribution in [0.4, 0.5) is 0 Å². The predicted molar refractivity (Wildman–Crippen MR) is 52.8 cm³/mol. The number of nitrogens with one attached hydrogen (secondary N) is 1. The number of aromatic nitrogens is 2. The first-order chi connectivity index (χ1) is 6.29. The van der Waals surface area contributed by atoms with E-state index in [-0.39, 0.29) is 0 Å². The number of hydrogen-bond donors (Lipinski definition) is 1. The maximum Gasteiger partial charge on any atom is 0.0954 e. The predicted octanol–water partition coefficient (Wildman–Crippen LogP) is 1.42. The van der Waals surface area contributed by atoms with Gasteiger partial charge in [0.1, 0.15) is 0 Å². The van der Waals surface area contributed by atoms with Gasteiger partial charge in [-0.3, -0.25) is 0 Å². The molecule has 1 aromatic rings. The van der Waals surface area contributed by atoms with Crippen molar-refractivity contribution in [3.63, 3.8) is 0 Å². The van der Waals surface area contributed by atoms with Crippen molar-refractivity contribution in [1.29, 1.82) is 0 Å². The molecule has 2 rings (SSSR count). The molecule has 3 nitrogen and oxygen atoms in total. The summed E-state index contributed by atoms with van der Waals surface area (Å²) in [5.41, 5.74) is 2.47. The highest BCUT2D eigenvalue weighted by Crippen LogP contribution is 2.19. The van der Waals surface area contributed by atoms with Gasteiger partial charge in [-0.15, -0.1) is 0 Å². The molecule has 0 saturated carbocycles. The highest BCUT2D eigenvalue weighted by Gasteiger charge is 2.16. The van der Waals surface area contributed by atoms with E-state index in [1.807, 2.05) is 6.33 Å². The van der Waals surface area contributed by atoms with Crippen LogP contribution < -0.4 is 5.32 Å². The van der Waals surface area contributed by atoms with Crippen molar-refractivity contribution in [3.8, 4) is 0 Å². The molecule has 72 valence electrons. The van der Waals surface area contributed by atoms with Crippen molar-refractivity contribution in [2.75, 3.05) is 13.1 Å². The third kappa shape index (κ3) is 1.61. The molecule has 1 aliphatic heterocycles. The fourth-order valence-electron chi connectivity index (χ4n) is 1.95. The lowest BCUT2D eigenvalue weighted by atomic mass is 10.1. The summed E-state index contributed by atoms with van der Waals surface area (Å²) < 4.78 is 2.31. The van der Waals surface area contributed by atoms with Gasteiger partial charge in [-0.25, -0.2) is 4.98 Å². The van der Waals surface area contributed by atoms with Gasteiger partial charge in [0.25, 0.3) is 0 Å². The molecule has 0 radical (unpaired) electrons. The fourth-order valence-corrected chi connectivity index (χ4v) is 1.95. The van der Waals surface area contributed by atoms with Gasteiger partial charge in [-0.2, -0.15) is 0 Å². The van der Waals surface area contributed by atoms with Crippen molar-refractivity contribution in [1.82, 2.24) is 14.9 Å². The molecule has 0 bridgehead atoms. The maximum absolute atomic E-state index is 4.33. The van der Waals surface area contributed by atoms with E-state index in [0.717, 1.165) is 12.2 Å². The van der Waals surface area contributed by atoms with E-state index >= 15 is 0 Å². The number of aryl methyl sites for hydroxylation is 1. The van der Waals surface area contributed by atoms with Gasteiger partial charge < -0.3 is 9.88 Å². The van der Waals surface area contributed by atoms with Gasteiger partial charge in [0, 0.05) is 18.3 Å². The van der Waals surface area contributed by atoms with Gasteiger partial charge in [0.05, 0.1) is 12.0 Å². The van der Waals surface area contributed by atoms with Crippen LogP contribution in [-0.4, -0.2) is 22.6 Å². The number of imidazole rings is 1. The van der Waals surface area contributed by atoms with E-state index in [1.165, 1.54) is 25.1 Å². The second kappa shape index (κ2) is 3.50. The van der Waals surface area contributed by atoms with Gasteiger partial charge in [-0.05, 0) is 33.2 Å². The van der Waals surface area contributed by atoms with Crippen LogP contribution >= 0.6 is 0 Å². The smallest absolute Gasteiger partial charge is 0.0954 e. The highest BCUT2D eigenvalue weighted by molar-refractivity contribution is 5.10. The Morgan fingerprint density at radius 1 is 1.54 bits per heavy atom. The van der Waals surface area contributed by atoms with Crippen molar-refractivity contribution in [3.05, 3.63) is 17.7 Å². The van der Waals surface area contributed by atoms with Gasteiger partial charge in [0.15, 0.2) is 0 Å². The Bertz CT molecular complexity index is 284. The molecule has 0 aliphatic carbocycles. The Morgan fingerprint density at radius 3 is 2.92 bits per heavy atom. The molecular weight excluding hydrogens is 162 g/mol. The van der Waals surface area contributed by atoms with Crippen LogP contribution in [0.5, 0.6) is 0 Å². The zero-order valence-electron chi connectivity index (χ0n) is 8.38. The first-order valence-corrected chi connectivity index (χ1v) is 5.00. The lowest BCUT2D eigenvalue weighted by molar-refractivity contribution is 0.367. The Morgan fingerprint density at radius 2 is 2.38 bits per heavy atom. The van der Waals surface area contributed by atoms with E-state index in [2.05, 4.69) is 28.7 Å². The molecule has 13 heavy (non-hydrogen) atoms. The number of nitrogens with zero attached hydrogens (tertiary/aromatic N) is 2. The van der Waals surface area contributed by atoms with Crippen LogP contribution in [0.2, 0.25) is 0 Å². The lowest BCUT2D eigenvalue weighted by Gasteiger charge is -2.25. The molecule has 0 amide bonds. The summed E-state index contributed by atoms with van der Waals surface area (Å²) in [5, 5.41) is 3.42. The molecule has 3 heteroatoms. The molecule has 1 fully saturated rings. The lowest BCUT2D eigenvalue weighted by Crippen LogP contribution is -2.31. The Hall–Kier alpha value is -0.830. The minimum Gasteiger partial charge on any atom is -0.330 e. The zero-order valence-corrected chi connectivity index (χ0v) is 8.38. The summed E-state index contributed by atoms with van der Waals surface area (Å²) in [6.45, 7) is 6.49. The SMILES string of the molecule is Cc1ncn(C2CCCNC2)c1C. The van der Waals surface area contributed by atoms with Gasteiger partial charge >= 0.3 is 0 Å². The monoisotopic (exact) mass is 179 g/mol.